The summed E-state index contributed by atoms with van der Waals surface area (Å²) in [4.78, 5) is 12.2. The summed E-state index contributed by atoms with van der Waals surface area (Å²) >= 11 is 0. The van der Waals surface area contributed by atoms with Crippen molar-refractivity contribution in [2.75, 3.05) is 11.9 Å². The van der Waals surface area contributed by atoms with Gasteiger partial charge in [0.1, 0.15) is 5.76 Å². The first kappa shape index (κ1) is 14.9. The molecule has 0 saturated carbocycles. The van der Waals surface area contributed by atoms with E-state index in [9.17, 15) is 4.79 Å². The first-order valence-electron chi connectivity index (χ1n) is 6.83. The molecule has 1 aromatic heterocycles. The number of hydrogen-bond donors (Lipinski definition) is 2. The number of furan rings is 1. The molecular weight excluding hydrogens is 264 g/mol. The lowest BCUT2D eigenvalue weighted by Crippen LogP contribution is -2.12. The van der Waals surface area contributed by atoms with E-state index in [1.54, 1.807) is 12.1 Å². The van der Waals surface area contributed by atoms with Gasteiger partial charge in [-0.2, -0.15) is 0 Å². The van der Waals surface area contributed by atoms with Gasteiger partial charge in [-0.15, -0.1) is 0 Å². The van der Waals surface area contributed by atoms with Gasteiger partial charge < -0.3 is 15.5 Å². The lowest BCUT2D eigenvalue weighted by atomic mass is 10.1. The highest BCUT2D eigenvalue weighted by atomic mass is 16.3. The van der Waals surface area contributed by atoms with E-state index in [4.69, 9.17) is 10.2 Å². The number of nitrogens with one attached hydrogen (secondary N) is 1. The number of hydrogen-bond acceptors (Lipinski definition) is 3. The zero-order valence-electron chi connectivity index (χ0n) is 12.2. The molecule has 2 rings (SSSR count). The summed E-state index contributed by atoms with van der Waals surface area (Å²) in [5, 5.41) is 2.84. The van der Waals surface area contributed by atoms with Gasteiger partial charge in [0, 0.05) is 12.0 Å². The van der Waals surface area contributed by atoms with Crippen LogP contribution in [0, 0.1) is 18.8 Å². The van der Waals surface area contributed by atoms with Gasteiger partial charge in [-0.25, -0.2) is 0 Å². The van der Waals surface area contributed by atoms with Crippen molar-refractivity contribution in [3.63, 3.8) is 0 Å². The lowest BCUT2D eigenvalue weighted by Gasteiger charge is -2.07. The summed E-state index contributed by atoms with van der Waals surface area (Å²) in [5.41, 5.74) is 7.83. The Morgan fingerprint density at radius 3 is 2.81 bits per heavy atom. The Morgan fingerprint density at radius 1 is 1.33 bits per heavy atom. The summed E-state index contributed by atoms with van der Waals surface area (Å²) in [7, 11) is 0. The number of benzene rings is 1. The molecule has 0 saturated heterocycles. The van der Waals surface area contributed by atoms with Crippen molar-refractivity contribution in [1.29, 1.82) is 0 Å². The fraction of sp³-hybridized carbons (Fsp3) is 0.235. The Hall–Kier alpha value is -2.51. The molecule has 0 aliphatic heterocycles. The molecule has 1 amide bonds. The highest BCUT2D eigenvalue weighted by Crippen LogP contribution is 2.18. The van der Waals surface area contributed by atoms with Crippen molar-refractivity contribution in [2.45, 2.75) is 20.3 Å². The summed E-state index contributed by atoms with van der Waals surface area (Å²) < 4.78 is 5.45. The maximum absolute atomic E-state index is 12.2. The number of rotatable bonds is 3. The van der Waals surface area contributed by atoms with Crippen molar-refractivity contribution in [2.24, 2.45) is 5.73 Å². The maximum Gasteiger partial charge on any atom is 0.291 e. The highest BCUT2D eigenvalue weighted by Gasteiger charge is 2.12. The first-order valence-corrected chi connectivity index (χ1v) is 6.83. The quantitative estimate of drug-likeness (QED) is 0.850. The second-order valence-electron chi connectivity index (χ2n) is 4.63. The van der Waals surface area contributed by atoms with E-state index < -0.39 is 0 Å². The Kier molecular flexibility index (Phi) is 4.81. The van der Waals surface area contributed by atoms with E-state index in [1.165, 1.54) is 0 Å². The van der Waals surface area contributed by atoms with Crippen LogP contribution in [0.1, 0.15) is 34.4 Å². The summed E-state index contributed by atoms with van der Waals surface area (Å²) in [5.74, 6) is 6.55. The standard InChI is InChI=1S/C17H18N2O2/c1-3-14-8-9-16(21-14)17(20)19-15-11-12(2)6-7-13(15)5-4-10-18/h6-9,11H,3,10,18H2,1-2H3,(H,19,20). The van der Waals surface area contributed by atoms with E-state index in [1.807, 2.05) is 32.0 Å². The summed E-state index contributed by atoms with van der Waals surface area (Å²) in [6, 6.07) is 9.17. The van der Waals surface area contributed by atoms with Crippen molar-refractivity contribution in [1.82, 2.24) is 0 Å². The average molecular weight is 282 g/mol. The molecule has 0 bridgehead atoms. The Morgan fingerprint density at radius 2 is 2.14 bits per heavy atom. The summed E-state index contributed by atoms with van der Waals surface area (Å²) in [6.45, 7) is 4.21. The predicted octanol–water partition coefficient (Wildman–Crippen LogP) is 2.71. The van der Waals surface area contributed by atoms with Gasteiger partial charge in [-0.05, 0) is 36.8 Å². The van der Waals surface area contributed by atoms with Gasteiger partial charge in [-0.1, -0.05) is 24.8 Å². The van der Waals surface area contributed by atoms with Crippen LogP contribution in [0.4, 0.5) is 5.69 Å². The topological polar surface area (TPSA) is 68.3 Å². The zero-order valence-corrected chi connectivity index (χ0v) is 12.2. The molecule has 2 aromatic rings. The zero-order chi connectivity index (χ0) is 15.2. The van der Waals surface area contributed by atoms with E-state index >= 15 is 0 Å². The van der Waals surface area contributed by atoms with Crippen LogP contribution in [0.25, 0.3) is 0 Å². The second-order valence-corrected chi connectivity index (χ2v) is 4.63. The van der Waals surface area contributed by atoms with Gasteiger partial charge in [0.25, 0.3) is 5.91 Å². The SMILES string of the molecule is CCc1ccc(C(=O)Nc2cc(C)ccc2C#CCN)o1. The number of anilines is 1. The Balaban J connectivity index is 2.25. The van der Waals surface area contributed by atoms with Crippen molar-refractivity contribution < 1.29 is 9.21 Å². The van der Waals surface area contributed by atoms with Crippen LogP contribution in [0.3, 0.4) is 0 Å². The molecule has 0 spiro atoms. The molecule has 0 radical (unpaired) electrons. The van der Waals surface area contributed by atoms with Gasteiger partial charge in [0.15, 0.2) is 5.76 Å². The van der Waals surface area contributed by atoms with Crippen molar-refractivity contribution in [3.05, 3.63) is 53.0 Å². The Bertz CT molecular complexity index is 705. The van der Waals surface area contributed by atoms with Crippen molar-refractivity contribution >= 4 is 11.6 Å². The average Bonchev–Trinajstić information content (AvgIpc) is 2.95. The second kappa shape index (κ2) is 6.78. The molecule has 1 aromatic carbocycles. The Labute approximate surface area is 124 Å². The van der Waals surface area contributed by atoms with Crippen LogP contribution in [-0.2, 0) is 6.42 Å². The van der Waals surface area contributed by atoms with Crippen molar-refractivity contribution in [3.8, 4) is 11.8 Å². The van der Waals surface area contributed by atoms with Crippen LogP contribution >= 0.6 is 0 Å². The molecule has 0 aliphatic rings. The number of amides is 1. The molecule has 4 nitrogen and oxygen atoms in total. The fourth-order valence-corrected chi connectivity index (χ4v) is 1.89. The molecule has 0 aliphatic carbocycles. The normalized spacial score (nSPS) is 9.86. The van der Waals surface area contributed by atoms with Crippen LogP contribution in [-0.4, -0.2) is 12.5 Å². The molecule has 3 N–H and O–H groups in total. The summed E-state index contributed by atoms with van der Waals surface area (Å²) in [6.07, 6.45) is 0.755. The van der Waals surface area contributed by atoms with E-state index in [-0.39, 0.29) is 12.5 Å². The van der Waals surface area contributed by atoms with Gasteiger partial charge in [0.05, 0.1) is 12.2 Å². The third-order valence-corrected chi connectivity index (χ3v) is 2.98. The molecule has 0 atom stereocenters. The number of nitrogens with two attached hydrogens (primary N) is 1. The molecule has 108 valence electrons. The van der Waals surface area contributed by atoms with Gasteiger partial charge in [0.2, 0.25) is 0 Å². The highest BCUT2D eigenvalue weighted by molar-refractivity contribution is 6.03. The fourth-order valence-electron chi connectivity index (χ4n) is 1.89. The molecular formula is C17H18N2O2. The van der Waals surface area contributed by atoms with E-state index in [2.05, 4.69) is 17.2 Å². The maximum atomic E-state index is 12.2. The minimum Gasteiger partial charge on any atom is -0.456 e. The first-order chi connectivity index (χ1) is 10.1. The number of carbonyl (C=O) groups excluding carboxylic acids is 1. The predicted molar refractivity (Wildman–Crippen MR) is 83.2 cm³/mol. The smallest absolute Gasteiger partial charge is 0.291 e. The number of aryl methyl sites for hydroxylation is 2. The van der Waals surface area contributed by atoms with E-state index in [0.29, 0.717) is 11.4 Å². The molecule has 1 heterocycles. The van der Waals surface area contributed by atoms with Gasteiger partial charge in [-0.3, -0.25) is 4.79 Å². The molecule has 0 fully saturated rings. The van der Waals surface area contributed by atoms with Crippen LogP contribution in [0.2, 0.25) is 0 Å². The number of carbonyl (C=O) groups is 1. The lowest BCUT2D eigenvalue weighted by molar-refractivity contribution is 0.0995. The molecule has 21 heavy (non-hydrogen) atoms. The minimum absolute atomic E-state index is 0.277. The van der Waals surface area contributed by atoms with E-state index in [0.717, 1.165) is 23.3 Å². The van der Waals surface area contributed by atoms with Gasteiger partial charge >= 0.3 is 0 Å². The third kappa shape index (κ3) is 3.74. The monoisotopic (exact) mass is 282 g/mol. The minimum atomic E-state index is -0.281. The van der Waals surface area contributed by atoms with Crippen LogP contribution < -0.4 is 11.1 Å². The largest absolute Gasteiger partial charge is 0.456 e. The van der Waals surface area contributed by atoms with Crippen LogP contribution in [0.15, 0.2) is 34.7 Å². The third-order valence-electron chi connectivity index (χ3n) is 2.98. The molecule has 0 unspecified atom stereocenters. The molecule has 4 heteroatoms. The van der Waals surface area contributed by atoms with Crippen LogP contribution in [0.5, 0.6) is 0 Å².